The van der Waals surface area contributed by atoms with Gasteiger partial charge in [-0.2, -0.15) is 0 Å². The molecule has 0 fully saturated rings. The van der Waals surface area contributed by atoms with Gasteiger partial charge in [-0.15, -0.1) is 22.9 Å². The Morgan fingerprint density at radius 3 is 2.61 bits per heavy atom. The fraction of sp³-hybridized carbons (Fsp3) is 0.412. The first-order valence-corrected chi connectivity index (χ1v) is 8.71. The fourth-order valence-corrected chi connectivity index (χ4v) is 3.13. The minimum Gasteiger partial charge on any atom is -0.496 e. The van der Waals surface area contributed by atoms with Gasteiger partial charge in [0.05, 0.1) is 30.4 Å². The molecule has 4 nitrogen and oxygen atoms in total. The van der Waals surface area contributed by atoms with Crippen LogP contribution in [0.4, 0.5) is 5.69 Å². The molecule has 0 saturated carbocycles. The molecule has 6 heteroatoms. The highest BCUT2D eigenvalue weighted by Gasteiger charge is 2.20. The molecule has 0 saturated heterocycles. The summed E-state index contributed by atoms with van der Waals surface area (Å²) >= 11 is 7.32. The molecule has 0 unspecified atom stereocenters. The second-order valence-corrected chi connectivity index (χ2v) is 7.45. The van der Waals surface area contributed by atoms with Gasteiger partial charge < -0.3 is 9.64 Å². The molecular formula is C17H21ClN2O2S. The number of nitrogens with zero attached hydrogens (tertiary/aromatic N) is 2. The van der Waals surface area contributed by atoms with Crippen molar-refractivity contribution >= 4 is 34.5 Å². The maximum atomic E-state index is 12.3. The normalized spacial score (nSPS) is 11.3. The number of amides is 1. The van der Waals surface area contributed by atoms with Crippen LogP contribution in [0.5, 0.6) is 5.75 Å². The summed E-state index contributed by atoms with van der Waals surface area (Å²) in [4.78, 5) is 19.4. The third-order valence-corrected chi connectivity index (χ3v) is 4.59. The van der Waals surface area contributed by atoms with E-state index in [2.05, 4.69) is 25.8 Å². The first-order chi connectivity index (χ1) is 10.9. The van der Waals surface area contributed by atoms with Gasteiger partial charge in [0, 0.05) is 11.1 Å². The van der Waals surface area contributed by atoms with Crippen molar-refractivity contribution in [3.8, 4) is 5.75 Å². The van der Waals surface area contributed by atoms with Gasteiger partial charge in [0.25, 0.3) is 0 Å². The highest BCUT2D eigenvalue weighted by molar-refractivity contribution is 7.10. The zero-order valence-corrected chi connectivity index (χ0v) is 15.4. The number of aromatic nitrogens is 1. The predicted molar refractivity (Wildman–Crippen MR) is 95.7 cm³/mol. The summed E-state index contributed by atoms with van der Waals surface area (Å²) in [5, 5.41) is 1.94. The Morgan fingerprint density at radius 1 is 1.35 bits per heavy atom. The summed E-state index contributed by atoms with van der Waals surface area (Å²) in [6.45, 7) is 6.73. The number of pyridine rings is 1. The number of thiophene rings is 1. The molecule has 2 aromatic rings. The smallest absolute Gasteiger partial charge is 0.242 e. The monoisotopic (exact) mass is 352 g/mol. The van der Waals surface area contributed by atoms with E-state index < -0.39 is 0 Å². The predicted octanol–water partition coefficient (Wildman–Crippen LogP) is 4.22. The lowest BCUT2D eigenvalue weighted by Gasteiger charge is -2.23. The number of anilines is 1. The number of carbonyl (C=O) groups excluding carboxylic acids is 1. The van der Waals surface area contributed by atoms with Gasteiger partial charge in [-0.1, -0.05) is 20.8 Å². The van der Waals surface area contributed by atoms with E-state index >= 15 is 0 Å². The average Bonchev–Trinajstić information content (AvgIpc) is 2.98. The molecular weight excluding hydrogens is 332 g/mol. The number of ether oxygens (including phenoxy) is 1. The molecule has 0 bridgehead atoms. The Balaban J connectivity index is 2.30. The summed E-state index contributed by atoms with van der Waals surface area (Å²) in [7, 11) is 1.62. The fourth-order valence-electron chi connectivity index (χ4n) is 2.15. The van der Waals surface area contributed by atoms with Crippen molar-refractivity contribution in [3.05, 3.63) is 40.3 Å². The molecule has 23 heavy (non-hydrogen) atoms. The van der Waals surface area contributed by atoms with E-state index in [4.69, 9.17) is 16.3 Å². The van der Waals surface area contributed by atoms with Crippen molar-refractivity contribution in [2.75, 3.05) is 17.9 Å². The molecule has 0 aromatic carbocycles. The molecule has 1 amide bonds. The Kier molecular flexibility index (Phi) is 5.65. The van der Waals surface area contributed by atoms with Crippen LogP contribution in [-0.2, 0) is 16.8 Å². The van der Waals surface area contributed by atoms with Gasteiger partial charge in [0.2, 0.25) is 5.91 Å². The lowest BCUT2D eigenvalue weighted by molar-refractivity contribution is -0.116. The minimum atomic E-state index is -0.160. The van der Waals surface area contributed by atoms with Crippen LogP contribution in [0, 0.1) is 0 Å². The standard InChI is InChI=1S/C17H21ClN2O2S/c1-17(2,3)15-6-5-12(10-19-15)20(16(21)9-18)11-14-13(22-4)7-8-23-14/h5-8,10H,9,11H2,1-4H3. The van der Waals surface area contributed by atoms with Crippen LogP contribution in [0.15, 0.2) is 29.8 Å². The van der Waals surface area contributed by atoms with Gasteiger partial charge in [-0.25, -0.2) is 0 Å². The summed E-state index contributed by atoms with van der Waals surface area (Å²) in [6, 6.07) is 5.76. The topological polar surface area (TPSA) is 42.4 Å². The number of halogens is 1. The van der Waals surface area contributed by atoms with Gasteiger partial charge >= 0.3 is 0 Å². The maximum Gasteiger partial charge on any atom is 0.242 e. The molecule has 0 radical (unpaired) electrons. The molecule has 2 aromatic heterocycles. The highest BCUT2D eigenvalue weighted by Crippen LogP contribution is 2.29. The first kappa shape index (κ1) is 17.8. The van der Waals surface area contributed by atoms with E-state index in [1.807, 2.05) is 23.6 Å². The molecule has 0 N–H and O–H groups in total. The quantitative estimate of drug-likeness (QED) is 0.756. The van der Waals surface area contributed by atoms with Crippen LogP contribution in [0.1, 0.15) is 31.3 Å². The summed E-state index contributed by atoms with van der Waals surface area (Å²) in [6.07, 6.45) is 1.73. The van der Waals surface area contributed by atoms with E-state index in [0.717, 1.165) is 22.0 Å². The number of rotatable bonds is 5. The van der Waals surface area contributed by atoms with Gasteiger partial charge in [-0.3, -0.25) is 9.78 Å². The maximum absolute atomic E-state index is 12.3. The Morgan fingerprint density at radius 2 is 2.09 bits per heavy atom. The Labute approximate surface area is 146 Å². The number of hydrogen-bond acceptors (Lipinski definition) is 4. The molecule has 0 spiro atoms. The minimum absolute atomic E-state index is 0.0309. The lowest BCUT2D eigenvalue weighted by Crippen LogP contribution is -2.31. The molecule has 0 atom stereocenters. The second-order valence-electron chi connectivity index (χ2n) is 6.18. The zero-order valence-electron chi connectivity index (χ0n) is 13.8. The molecule has 0 aliphatic heterocycles. The molecule has 0 aliphatic carbocycles. The molecule has 124 valence electrons. The van der Waals surface area contributed by atoms with E-state index in [9.17, 15) is 4.79 Å². The van der Waals surface area contributed by atoms with Crippen molar-refractivity contribution in [2.45, 2.75) is 32.7 Å². The van der Waals surface area contributed by atoms with Gasteiger partial charge in [0.15, 0.2) is 0 Å². The molecule has 2 heterocycles. The number of alkyl halides is 1. The largest absolute Gasteiger partial charge is 0.496 e. The van der Waals surface area contributed by atoms with E-state index in [1.165, 1.54) is 0 Å². The number of carbonyl (C=O) groups is 1. The lowest BCUT2D eigenvalue weighted by atomic mass is 9.92. The van der Waals surface area contributed by atoms with Crippen molar-refractivity contribution < 1.29 is 9.53 Å². The van der Waals surface area contributed by atoms with Crippen molar-refractivity contribution in [3.63, 3.8) is 0 Å². The first-order valence-electron chi connectivity index (χ1n) is 7.30. The van der Waals surface area contributed by atoms with Crippen molar-refractivity contribution in [2.24, 2.45) is 0 Å². The molecule has 2 rings (SSSR count). The summed E-state index contributed by atoms with van der Waals surface area (Å²) < 4.78 is 5.32. The van der Waals surface area contributed by atoms with Crippen LogP contribution >= 0.6 is 22.9 Å². The third kappa shape index (κ3) is 4.24. The Bertz CT molecular complexity index is 662. The third-order valence-electron chi connectivity index (χ3n) is 3.47. The number of methoxy groups -OCH3 is 1. The van der Waals surface area contributed by atoms with E-state index in [0.29, 0.717) is 6.54 Å². The van der Waals surface area contributed by atoms with Crippen LogP contribution in [0.3, 0.4) is 0 Å². The summed E-state index contributed by atoms with van der Waals surface area (Å²) in [5.41, 5.74) is 1.68. The van der Waals surface area contributed by atoms with Gasteiger partial charge in [-0.05, 0) is 23.6 Å². The van der Waals surface area contributed by atoms with E-state index in [-0.39, 0.29) is 17.2 Å². The summed E-state index contributed by atoms with van der Waals surface area (Å²) in [5.74, 6) is 0.545. The van der Waals surface area contributed by atoms with E-state index in [1.54, 1.807) is 29.5 Å². The SMILES string of the molecule is COc1ccsc1CN(C(=O)CCl)c1ccc(C(C)(C)C)nc1. The van der Waals surface area contributed by atoms with Crippen LogP contribution in [0.25, 0.3) is 0 Å². The van der Waals surface area contributed by atoms with Crippen LogP contribution < -0.4 is 9.64 Å². The molecule has 0 aliphatic rings. The second kappa shape index (κ2) is 7.32. The zero-order chi connectivity index (χ0) is 17.0. The van der Waals surface area contributed by atoms with Crippen molar-refractivity contribution in [1.29, 1.82) is 0 Å². The average molecular weight is 353 g/mol. The number of hydrogen-bond donors (Lipinski definition) is 0. The van der Waals surface area contributed by atoms with Gasteiger partial charge in [0.1, 0.15) is 11.6 Å². The van der Waals surface area contributed by atoms with Crippen molar-refractivity contribution in [1.82, 2.24) is 4.98 Å². The Hall–Kier alpha value is -1.59. The highest BCUT2D eigenvalue weighted by atomic mass is 35.5. The van der Waals surface area contributed by atoms with Crippen LogP contribution in [-0.4, -0.2) is 23.9 Å². The van der Waals surface area contributed by atoms with Crippen LogP contribution in [0.2, 0.25) is 0 Å².